The minimum Gasteiger partial charge on any atom is -0.349 e. The SMILES string of the molecule is O=C(NCC(C1C=NC=CC1)N1CCCC1)c1cc(C(F)(F)F)nn1-c1ccccc1Cl. The van der Waals surface area contributed by atoms with E-state index in [1.54, 1.807) is 18.3 Å². The van der Waals surface area contributed by atoms with Gasteiger partial charge in [0, 0.05) is 37.0 Å². The number of hydrogen-bond acceptors (Lipinski definition) is 4. The van der Waals surface area contributed by atoms with Crippen LogP contribution in [0.3, 0.4) is 0 Å². The third-order valence-electron chi connectivity index (χ3n) is 5.77. The van der Waals surface area contributed by atoms with Gasteiger partial charge in [-0.1, -0.05) is 29.8 Å². The van der Waals surface area contributed by atoms with Gasteiger partial charge >= 0.3 is 6.18 Å². The van der Waals surface area contributed by atoms with Crippen molar-refractivity contribution >= 4 is 23.7 Å². The summed E-state index contributed by atoms with van der Waals surface area (Å²) in [6.07, 6.45) is 3.89. The average Bonchev–Trinajstić information content (AvgIpc) is 3.45. The van der Waals surface area contributed by atoms with Crippen molar-refractivity contribution in [3.05, 3.63) is 59.0 Å². The number of rotatable bonds is 6. The van der Waals surface area contributed by atoms with Gasteiger partial charge in [0.15, 0.2) is 5.69 Å². The number of hydrogen-bond donors (Lipinski definition) is 1. The molecule has 0 aliphatic carbocycles. The molecule has 1 aromatic heterocycles. The Hall–Kier alpha value is -2.65. The number of likely N-dealkylation sites (tertiary alicyclic amines) is 1. The number of carbonyl (C=O) groups excluding carboxylic acids is 1. The second kappa shape index (κ2) is 9.46. The number of nitrogens with one attached hydrogen (secondary N) is 1. The lowest BCUT2D eigenvalue weighted by atomic mass is 9.94. The number of alkyl halides is 3. The van der Waals surface area contributed by atoms with Crippen molar-refractivity contribution in [1.82, 2.24) is 20.0 Å². The van der Waals surface area contributed by atoms with Crippen LogP contribution in [-0.4, -0.2) is 52.5 Å². The van der Waals surface area contributed by atoms with Crippen LogP contribution >= 0.6 is 11.6 Å². The second-order valence-electron chi connectivity index (χ2n) is 7.88. The highest BCUT2D eigenvalue weighted by atomic mass is 35.5. The molecule has 6 nitrogen and oxygen atoms in total. The highest BCUT2D eigenvalue weighted by molar-refractivity contribution is 6.32. The topological polar surface area (TPSA) is 62.5 Å². The summed E-state index contributed by atoms with van der Waals surface area (Å²) in [4.78, 5) is 19.6. The Morgan fingerprint density at radius 3 is 2.66 bits per heavy atom. The minimum absolute atomic E-state index is 0.00826. The summed E-state index contributed by atoms with van der Waals surface area (Å²) in [5.41, 5.74) is -1.17. The van der Waals surface area contributed by atoms with Crippen LogP contribution in [0.1, 0.15) is 35.4 Å². The van der Waals surface area contributed by atoms with Crippen LogP contribution in [0.25, 0.3) is 5.69 Å². The molecule has 2 aliphatic rings. The molecule has 1 amide bonds. The number of nitrogens with zero attached hydrogens (tertiary/aromatic N) is 4. The number of allylic oxidation sites excluding steroid dienone is 1. The van der Waals surface area contributed by atoms with Crippen LogP contribution in [0.15, 0.2) is 47.6 Å². The Bertz CT molecular complexity index is 1030. The van der Waals surface area contributed by atoms with E-state index < -0.39 is 17.8 Å². The van der Waals surface area contributed by atoms with Crippen molar-refractivity contribution in [2.75, 3.05) is 19.6 Å². The molecular weight excluding hydrogens is 443 g/mol. The Kier molecular flexibility index (Phi) is 6.66. The van der Waals surface area contributed by atoms with E-state index in [0.717, 1.165) is 43.1 Å². The van der Waals surface area contributed by atoms with Gasteiger partial charge in [-0.15, -0.1) is 0 Å². The van der Waals surface area contributed by atoms with Crippen LogP contribution in [0, 0.1) is 5.92 Å². The molecule has 0 saturated carbocycles. The first-order valence-electron chi connectivity index (χ1n) is 10.5. The first-order chi connectivity index (χ1) is 15.3. The van der Waals surface area contributed by atoms with Gasteiger partial charge in [-0.05, 0) is 44.5 Å². The normalized spacial score (nSPS) is 19.9. The average molecular weight is 466 g/mol. The van der Waals surface area contributed by atoms with Gasteiger partial charge in [0.2, 0.25) is 0 Å². The monoisotopic (exact) mass is 465 g/mol. The standard InChI is InChI=1S/C22H23ClF3N5O/c23-16-7-1-2-8-17(16)31-18(12-20(29-31)22(24,25)26)21(32)28-14-19(30-10-3-4-11-30)15-6-5-9-27-13-15/h1-2,5,7-9,12-13,15,19H,3-4,6,10-11,14H2,(H,28,32). The van der Waals surface area contributed by atoms with Crippen molar-refractivity contribution in [1.29, 1.82) is 0 Å². The minimum atomic E-state index is -4.69. The smallest absolute Gasteiger partial charge is 0.349 e. The lowest BCUT2D eigenvalue weighted by molar-refractivity contribution is -0.141. The van der Waals surface area contributed by atoms with Gasteiger partial charge in [-0.25, -0.2) is 4.68 Å². The number of carbonyl (C=O) groups is 1. The predicted molar refractivity (Wildman–Crippen MR) is 116 cm³/mol. The van der Waals surface area contributed by atoms with E-state index in [1.165, 1.54) is 12.1 Å². The first-order valence-corrected chi connectivity index (χ1v) is 10.8. The highest BCUT2D eigenvalue weighted by Crippen LogP contribution is 2.31. The highest BCUT2D eigenvalue weighted by Gasteiger charge is 2.37. The predicted octanol–water partition coefficient (Wildman–Crippen LogP) is 4.34. The fraction of sp³-hybridized carbons (Fsp3) is 0.409. The molecule has 3 heterocycles. The summed E-state index contributed by atoms with van der Waals surface area (Å²) < 4.78 is 41.0. The first kappa shape index (κ1) is 22.5. The van der Waals surface area contributed by atoms with E-state index in [1.807, 2.05) is 12.3 Å². The lowest BCUT2D eigenvalue weighted by Gasteiger charge is -2.33. The maximum Gasteiger partial charge on any atom is 0.435 e. The number of para-hydroxylation sites is 1. The molecule has 32 heavy (non-hydrogen) atoms. The molecule has 0 spiro atoms. The molecule has 2 aliphatic heterocycles. The quantitative estimate of drug-likeness (QED) is 0.690. The summed E-state index contributed by atoms with van der Waals surface area (Å²) in [6.45, 7) is 2.13. The lowest BCUT2D eigenvalue weighted by Crippen LogP contribution is -2.47. The zero-order chi connectivity index (χ0) is 22.7. The van der Waals surface area contributed by atoms with Crippen molar-refractivity contribution in [2.45, 2.75) is 31.5 Å². The summed E-state index contributed by atoms with van der Waals surface area (Å²) >= 11 is 6.17. The molecule has 2 atom stereocenters. The van der Waals surface area contributed by atoms with Crippen LogP contribution in [0.5, 0.6) is 0 Å². The molecule has 10 heteroatoms. The molecule has 1 saturated heterocycles. The van der Waals surface area contributed by atoms with Gasteiger partial charge in [0.25, 0.3) is 5.91 Å². The van der Waals surface area contributed by atoms with Gasteiger partial charge in [-0.3, -0.25) is 14.7 Å². The van der Waals surface area contributed by atoms with Crippen molar-refractivity contribution < 1.29 is 18.0 Å². The van der Waals surface area contributed by atoms with E-state index in [0.29, 0.717) is 6.54 Å². The molecule has 1 N–H and O–H groups in total. The largest absolute Gasteiger partial charge is 0.435 e. The van der Waals surface area contributed by atoms with Gasteiger partial charge in [-0.2, -0.15) is 18.3 Å². The maximum absolute atomic E-state index is 13.4. The summed E-state index contributed by atoms with van der Waals surface area (Å²) in [5.74, 6) is -0.516. The molecule has 1 aromatic carbocycles. The second-order valence-corrected chi connectivity index (χ2v) is 8.29. The van der Waals surface area contributed by atoms with Crippen LogP contribution in [-0.2, 0) is 6.18 Å². The van der Waals surface area contributed by atoms with Gasteiger partial charge < -0.3 is 5.32 Å². The van der Waals surface area contributed by atoms with Gasteiger partial charge in [0.1, 0.15) is 5.69 Å². The van der Waals surface area contributed by atoms with E-state index >= 15 is 0 Å². The zero-order valence-corrected chi connectivity index (χ0v) is 18.0. The zero-order valence-electron chi connectivity index (χ0n) is 17.2. The fourth-order valence-electron chi connectivity index (χ4n) is 4.16. The van der Waals surface area contributed by atoms with E-state index in [4.69, 9.17) is 11.6 Å². The number of aromatic nitrogens is 2. The summed E-state index contributed by atoms with van der Waals surface area (Å²) in [6, 6.07) is 7.09. The molecule has 1 fully saturated rings. The third kappa shape index (κ3) is 4.88. The molecule has 2 aromatic rings. The van der Waals surface area contributed by atoms with Crippen LogP contribution < -0.4 is 5.32 Å². The van der Waals surface area contributed by atoms with Crippen molar-refractivity contribution in [3.63, 3.8) is 0 Å². The van der Waals surface area contributed by atoms with Gasteiger partial charge in [0.05, 0.1) is 10.7 Å². The third-order valence-corrected chi connectivity index (χ3v) is 6.09. The molecule has 170 valence electrons. The molecular formula is C22H23ClF3N5O. The molecule has 4 rings (SSSR count). The van der Waals surface area contributed by atoms with E-state index in [-0.39, 0.29) is 28.4 Å². The van der Waals surface area contributed by atoms with E-state index in [2.05, 4.69) is 20.3 Å². The molecule has 2 unspecified atom stereocenters. The van der Waals surface area contributed by atoms with Crippen molar-refractivity contribution in [2.24, 2.45) is 10.9 Å². The van der Waals surface area contributed by atoms with E-state index in [9.17, 15) is 18.0 Å². The Balaban J connectivity index is 1.59. The summed E-state index contributed by atoms with van der Waals surface area (Å²) in [7, 11) is 0. The molecule has 0 radical (unpaired) electrons. The summed E-state index contributed by atoms with van der Waals surface area (Å²) in [5, 5.41) is 6.66. The van der Waals surface area contributed by atoms with Crippen LogP contribution in [0.2, 0.25) is 5.02 Å². The number of halogens is 4. The fourth-order valence-corrected chi connectivity index (χ4v) is 4.37. The Morgan fingerprint density at radius 1 is 1.25 bits per heavy atom. The number of benzene rings is 1. The number of amides is 1. The number of aliphatic imine (C=N–C) groups is 1. The van der Waals surface area contributed by atoms with Crippen LogP contribution in [0.4, 0.5) is 13.2 Å². The molecule has 0 bridgehead atoms. The van der Waals surface area contributed by atoms with Crippen molar-refractivity contribution in [3.8, 4) is 5.69 Å². The Morgan fingerprint density at radius 2 is 2.00 bits per heavy atom. The Labute approximate surface area is 188 Å². The maximum atomic E-state index is 13.4.